The van der Waals surface area contributed by atoms with Gasteiger partial charge in [0.2, 0.25) is 0 Å². The van der Waals surface area contributed by atoms with Crippen LogP contribution >= 0.6 is 0 Å². The van der Waals surface area contributed by atoms with Crippen LogP contribution in [-0.4, -0.2) is 17.6 Å². The smallest absolute Gasteiger partial charge is 0.406 e. The summed E-state index contributed by atoms with van der Waals surface area (Å²) in [4.78, 5) is 0. The maximum Gasteiger partial charge on any atom is 0.573 e. The first-order valence-electron chi connectivity index (χ1n) is 5.40. The number of ether oxygens (including phenoxy) is 1. The summed E-state index contributed by atoms with van der Waals surface area (Å²) in [6, 6.07) is 5.85. The second-order valence-electron chi connectivity index (χ2n) is 4.36. The number of alkyl halides is 3. The van der Waals surface area contributed by atoms with Crippen molar-refractivity contribution in [2.75, 3.05) is 0 Å². The molecule has 1 aromatic carbocycles. The van der Waals surface area contributed by atoms with Crippen molar-refractivity contribution in [3.8, 4) is 5.75 Å². The van der Waals surface area contributed by atoms with Crippen LogP contribution in [0.2, 0.25) is 0 Å². The largest absolute Gasteiger partial charge is 0.573 e. The topological polar surface area (TPSA) is 29.5 Å². The highest BCUT2D eigenvalue weighted by molar-refractivity contribution is 5.33. The molecule has 0 amide bonds. The van der Waals surface area contributed by atoms with Gasteiger partial charge in [0.15, 0.2) is 0 Å². The van der Waals surface area contributed by atoms with Gasteiger partial charge in [-0.1, -0.05) is 12.1 Å². The number of halogens is 3. The summed E-state index contributed by atoms with van der Waals surface area (Å²) in [5.41, 5.74) is 0.949. The maximum atomic E-state index is 11.9. The van der Waals surface area contributed by atoms with Crippen molar-refractivity contribution in [3.05, 3.63) is 29.8 Å². The van der Waals surface area contributed by atoms with Gasteiger partial charge in [-0.2, -0.15) is 0 Å². The van der Waals surface area contributed by atoms with E-state index in [1.807, 2.05) is 0 Å². The normalized spacial score (nSPS) is 25.5. The third-order valence-electron chi connectivity index (χ3n) is 3.00. The van der Waals surface area contributed by atoms with Crippen LogP contribution in [0, 0.1) is 5.92 Å². The average molecular weight is 246 g/mol. The van der Waals surface area contributed by atoms with Gasteiger partial charge in [-0.05, 0) is 42.9 Å². The van der Waals surface area contributed by atoms with E-state index in [0.29, 0.717) is 0 Å². The van der Waals surface area contributed by atoms with Crippen molar-refractivity contribution in [3.63, 3.8) is 0 Å². The van der Waals surface area contributed by atoms with Gasteiger partial charge in [0.1, 0.15) is 5.75 Å². The lowest BCUT2D eigenvalue weighted by atomic mass is 10.1. The van der Waals surface area contributed by atoms with Crippen molar-refractivity contribution in [1.82, 2.24) is 0 Å². The highest BCUT2D eigenvalue weighted by Crippen LogP contribution is 2.49. The van der Waals surface area contributed by atoms with Gasteiger partial charge < -0.3 is 9.84 Å². The van der Waals surface area contributed by atoms with Crippen LogP contribution in [-0.2, 0) is 0 Å². The van der Waals surface area contributed by atoms with E-state index < -0.39 is 6.36 Å². The number of aliphatic hydroxyl groups excluding tert-OH is 1. The molecule has 0 aromatic heterocycles. The third kappa shape index (κ3) is 3.12. The van der Waals surface area contributed by atoms with E-state index in [2.05, 4.69) is 4.74 Å². The molecule has 0 spiro atoms. The molecular weight excluding hydrogens is 233 g/mol. The molecule has 0 saturated heterocycles. The molecule has 0 radical (unpaired) electrons. The summed E-state index contributed by atoms with van der Waals surface area (Å²) in [5.74, 6) is 0.273. The molecule has 1 aromatic rings. The number of benzene rings is 1. The van der Waals surface area contributed by atoms with Gasteiger partial charge in [0.25, 0.3) is 0 Å². The van der Waals surface area contributed by atoms with Crippen molar-refractivity contribution >= 4 is 0 Å². The van der Waals surface area contributed by atoms with Crippen LogP contribution in [0.25, 0.3) is 0 Å². The molecule has 1 fully saturated rings. The second-order valence-corrected chi connectivity index (χ2v) is 4.36. The third-order valence-corrected chi connectivity index (χ3v) is 3.00. The molecule has 3 unspecified atom stereocenters. The van der Waals surface area contributed by atoms with Gasteiger partial charge in [-0.3, -0.25) is 0 Å². The summed E-state index contributed by atoms with van der Waals surface area (Å²) >= 11 is 0. The van der Waals surface area contributed by atoms with Gasteiger partial charge >= 0.3 is 6.36 Å². The molecule has 1 aliphatic carbocycles. The van der Waals surface area contributed by atoms with Crippen molar-refractivity contribution < 1.29 is 23.0 Å². The number of hydrogen-bond acceptors (Lipinski definition) is 2. The quantitative estimate of drug-likeness (QED) is 0.888. The zero-order chi connectivity index (χ0) is 12.6. The van der Waals surface area contributed by atoms with Crippen molar-refractivity contribution in [2.45, 2.75) is 31.7 Å². The lowest BCUT2D eigenvalue weighted by Crippen LogP contribution is -2.17. The Bertz CT molecular complexity index is 384. The van der Waals surface area contributed by atoms with Gasteiger partial charge in [-0.15, -0.1) is 13.2 Å². The number of hydrogen-bond donors (Lipinski definition) is 1. The fourth-order valence-corrected chi connectivity index (χ4v) is 2.05. The monoisotopic (exact) mass is 246 g/mol. The Morgan fingerprint density at radius 3 is 2.29 bits per heavy atom. The molecule has 1 aliphatic rings. The van der Waals surface area contributed by atoms with Crippen molar-refractivity contribution in [2.24, 2.45) is 5.92 Å². The van der Waals surface area contributed by atoms with Crippen LogP contribution in [0.5, 0.6) is 5.75 Å². The summed E-state index contributed by atoms with van der Waals surface area (Å²) in [7, 11) is 0. The molecule has 0 heterocycles. The molecule has 0 aliphatic heterocycles. The minimum absolute atomic E-state index is 0.213. The summed E-state index contributed by atoms with van der Waals surface area (Å²) < 4.78 is 39.6. The lowest BCUT2D eigenvalue weighted by molar-refractivity contribution is -0.274. The van der Waals surface area contributed by atoms with Crippen LogP contribution < -0.4 is 4.74 Å². The zero-order valence-corrected chi connectivity index (χ0v) is 9.24. The lowest BCUT2D eigenvalue weighted by Gasteiger charge is -2.09. The SMILES string of the molecule is CC(O)C1CC1c1ccc(OC(F)(F)F)cc1. The van der Waals surface area contributed by atoms with E-state index in [4.69, 9.17) is 0 Å². The Labute approximate surface area is 97.0 Å². The second kappa shape index (κ2) is 4.22. The Kier molecular flexibility index (Phi) is 3.03. The molecule has 0 bridgehead atoms. The zero-order valence-electron chi connectivity index (χ0n) is 9.24. The molecule has 3 atom stereocenters. The Hall–Kier alpha value is -1.23. The summed E-state index contributed by atoms with van der Waals surface area (Å²) in [6.45, 7) is 1.73. The van der Waals surface area contributed by atoms with E-state index in [9.17, 15) is 18.3 Å². The van der Waals surface area contributed by atoms with Crippen LogP contribution in [0.3, 0.4) is 0 Å². The molecule has 94 valence electrons. The molecule has 1 N–H and O–H groups in total. The minimum Gasteiger partial charge on any atom is -0.406 e. The van der Waals surface area contributed by atoms with Gasteiger partial charge in [0.05, 0.1) is 6.10 Å². The molecule has 1 saturated carbocycles. The van der Waals surface area contributed by atoms with Crippen LogP contribution in [0.4, 0.5) is 13.2 Å². The first-order chi connectivity index (χ1) is 7.87. The van der Waals surface area contributed by atoms with E-state index in [1.54, 1.807) is 19.1 Å². The van der Waals surface area contributed by atoms with E-state index in [0.717, 1.165) is 12.0 Å². The van der Waals surface area contributed by atoms with Gasteiger partial charge in [-0.25, -0.2) is 0 Å². The summed E-state index contributed by atoms with van der Waals surface area (Å²) in [6.07, 6.45) is -4.13. The minimum atomic E-state index is -4.65. The highest BCUT2D eigenvalue weighted by atomic mass is 19.4. The first-order valence-corrected chi connectivity index (χ1v) is 5.40. The van der Waals surface area contributed by atoms with E-state index >= 15 is 0 Å². The molecule has 2 nitrogen and oxygen atoms in total. The number of aliphatic hydroxyl groups is 1. The van der Waals surface area contributed by atoms with E-state index in [1.165, 1.54) is 12.1 Å². The first kappa shape index (κ1) is 12.2. The predicted octanol–water partition coefficient (Wildman–Crippen LogP) is 3.07. The summed E-state index contributed by atoms with van der Waals surface area (Å²) in [5, 5.41) is 9.36. The average Bonchev–Trinajstić information content (AvgIpc) is 2.96. The highest BCUT2D eigenvalue weighted by Gasteiger charge is 2.41. The van der Waals surface area contributed by atoms with Crippen LogP contribution in [0.1, 0.15) is 24.8 Å². The molecule has 5 heteroatoms. The van der Waals surface area contributed by atoms with Crippen LogP contribution in [0.15, 0.2) is 24.3 Å². The van der Waals surface area contributed by atoms with E-state index in [-0.39, 0.29) is 23.7 Å². The van der Waals surface area contributed by atoms with Crippen molar-refractivity contribution in [1.29, 1.82) is 0 Å². The molecule has 17 heavy (non-hydrogen) atoms. The fraction of sp³-hybridized carbons (Fsp3) is 0.500. The molecule has 2 rings (SSSR count). The molecular formula is C12H13F3O2. The fourth-order valence-electron chi connectivity index (χ4n) is 2.05. The Balaban J connectivity index is 2.00. The predicted molar refractivity (Wildman–Crippen MR) is 55.7 cm³/mol. The maximum absolute atomic E-state index is 11.9. The number of rotatable bonds is 3. The Morgan fingerprint density at radius 2 is 1.88 bits per heavy atom. The Morgan fingerprint density at radius 1 is 1.29 bits per heavy atom. The van der Waals surface area contributed by atoms with Gasteiger partial charge in [0, 0.05) is 0 Å². The standard InChI is InChI=1S/C12H13F3O2/c1-7(16)10-6-11(10)8-2-4-9(5-3-8)17-12(13,14)15/h2-5,7,10-11,16H,6H2,1H3.